The van der Waals surface area contributed by atoms with E-state index in [0.29, 0.717) is 26.3 Å². The van der Waals surface area contributed by atoms with Crippen LogP contribution in [0.25, 0.3) is 0 Å². The molecule has 0 saturated carbocycles. The van der Waals surface area contributed by atoms with Gasteiger partial charge in [-0.2, -0.15) is 4.31 Å². The third-order valence-corrected chi connectivity index (χ3v) is 5.50. The molecule has 1 aliphatic rings. The van der Waals surface area contributed by atoms with Crippen molar-refractivity contribution < 1.29 is 27.9 Å². The molecule has 0 bridgehead atoms. The van der Waals surface area contributed by atoms with Crippen LogP contribution >= 0.6 is 0 Å². The second kappa shape index (κ2) is 7.73. The lowest BCUT2D eigenvalue weighted by atomic mass is 10.2. The predicted molar refractivity (Wildman–Crippen MR) is 85.2 cm³/mol. The van der Waals surface area contributed by atoms with Crippen LogP contribution in [0.4, 0.5) is 0 Å². The van der Waals surface area contributed by atoms with E-state index in [2.05, 4.69) is 5.32 Å². The van der Waals surface area contributed by atoms with Crippen LogP contribution in [0.5, 0.6) is 0 Å². The molecular formula is C15H20N2O6S. The largest absolute Gasteiger partial charge is 0.481 e. The summed E-state index contributed by atoms with van der Waals surface area (Å²) in [7, 11) is -3.60. The first-order valence-corrected chi connectivity index (χ1v) is 8.95. The molecule has 1 amide bonds. The number of carboxylic acid groups (broad SMARTS) is 1. The molecule has 1 saturated heterocycles. The number of benzene rings is 1. The van der Waals surface area contributed by atoms with Crippen molar-refractivity contribution in [2.24, 2.45) is 0 Å². The van der Waals surface area contributed by atoms with Crippen LogP contribution in [0.15, 0.2) is 29.2 Å². The lowest BCUT2D eigenvalue weighted by molar-refractivity contribution is -0.137. The van der Waals surface area contributed by atoms with Gasteiger partial charge < -0.3 is 15.2 Å². The number of amides is 1. The molecule has 2 rings (SSSR count). The summed E-state index contributed by atoms with van der Waals surface area (Å²) in [5.41, 5.74) is 0.271. The smallest absolute Gasteiger partial charge is 0.305 e. The van der Waals surface area contributed by atoms with E-state index >= 15 is 0 Å². The number of nitrogens with zero attached hydrogens (tertiary/aromatic N) is 1. The summed E-state index contributed by atoms with van der Waals surface area (Å²) < 4.78 is 31.4. The molecule has 132 valence electrons. The summed E-state index contributed by atoms with van der Waals surface area (Å²) in [6, 6.07) is 5.06. The Morgan fingerprint density at radius 1 is 1.25 bits per heavy atom. The van der Waals surface area contributed by atoms with Gasteiger partial charge in [-0.1, -0.05) is 0 Å². The van der Waals surface area contributed by atoms with Crippen LogP contribution in [0.1, 0.15) is 23.7 Å². The Morgan fingerprint density at radius 3 is 2.38 bits per heavy atom. The van der Waals surface area contributed by atoms with Gasteiger partial charge in [0.2, 0.25) is 10.0 Å². The van der Waals surface area contributed by atoms with E-state index in [-0.39, 0.29) is 16.9 Å². The molecule has 0 aromatic heterocycles. The zero-order chi connectivity index (χ0) is 17.7. The summed E-state index contributed by atoms with van der Waals surface area (Å²) >= 11 is 0. The van der Waals surface area contributed by atoms with Crippen LogP contribution < -0.4 is 5.32 Å². The third kappa shape index (κ3) is 4.53. The van der Waals surface area contributed by atoms with E-state index in [9.17, 15) is 18.0 Å². The van der Waals surface area contributed by atoms with Crippen LogP contribution in [0, 0.1) is 0 Å². The standard InChI is InChI=1S/C15H20N2O6S/c1-11(10-14(18)19)16-15(20)12-2-4-13(5-3-12)24(21,22)17-6-8-23-9-7-17/h2-5,11H,6-10H2,1H3,(H,16,20)(H,18,19). The van der Waals surface area contributed by atoms with Gasteiger partial charge in [0.15, 0.2) is 0 Å². The highest BCUT2D eigenvalue weighted by molar-refractivity contribution is 7.89. The fourth-order valence-electron chi connectivity index (χ4n) is 2.33. The lowest BCUT2D eigenvalue weighted by Gasteiger charge is -2.26. The summed E-state index contributed by atoms with van der Waals surface area (Å²) in [6.07, 6.45) is -0.185. The van der Waals surface area contributed by atoms with Crippen molar-refractivity contribution in [1.29, 1.82) is 0 Å². The molecule has 1 fully saturated rings. The second-order valence-electron chi connectivity index (χ2n) is 5.51. The molecule has 2 N–H and O–H groups in total. The van der Waals surface area contributed by atoms with Crippen molar-refractivity contribution in [3.05, 3.63) is 29.8 Å². The van der Waals surface area contributed by atoms with E-state index in [1.807, 2.05) is 0 Å². The minimum Gasteiger partial charge on any atom is -0.481 e. The summed E-state index contributed by atoms with van der Waals surface area (Å²) in [4.78, 5) is 22.7. The highest BCUT2D eigenvalue weighted by Crippen LogP contribution is 2.17. The third-order valence-electron chi connectivity index (χ3n) is 3.58. The van der Waals surface area contributed by atoms with Gasteiger partial charge >= 0.3 is 5.97 Å². The summed E-state index contributed by atoms with van der Waals surface area (Å²) in [5, 5.41) is 11.2. The monoisotopic (exact) mass is 356 g/mol. The topological polar surface area (TPSA) is 113 Å². The molecule has 1 aromatic carbocycles. The van der Waals surface area contributed by atoms with Crippen molar-refractivity contribution in [2.45, 2.75) is 24.3 Å². The lowest BCUT2D eigenvalue weighted by Crippen LogP contribution is -2.40. The SMILES string of the molecule is CC(CC(=O)O)NC(=O)c1ccc(S(=O)(=O)N2CCOCC2)cc1. The van der Waals surface area contributed by atoms with Crippen molar-refractivity contribution in [1.82, 2.24) is 9.62 Å². The molecular weight excluding hydrogens is 336 g/mol. The number of aliphatic carboxylic acids is 1. The maximum absolute atomic E-state index is 12.5. The Kier molecular flexibility index (Phi) is 5.92. The first kappa shape index (κ1) is 18.4. The molecule has 1 unspecified atom stereocenters. The van der Waals surface area contributed by atoms with Gasteiger partial charge in [-0.25, -0.2) is 8.42 Å². The zero-order valence-electron chi connectivity index (χ0n) is 13.3. The Labute approximate surface area is 140 Å². The van der Waals surface area contributed by atoms with E-state index in [4.69, 9.17) is 9.84 Å². The van der Waals surface area contributed by atoms with Gasteiger partial charge in [0, 0.05) is 24.7 Å². The van der Waals surface area contributed by atoms with Crippen molar-refractivity contribution in [3.8, 4) is 0 Å². The molecule has 24 heavy (non-hydrogen) atoms. The quantitative estimate of drug-likeness (QED) is 0.758. The molecule has 0 spiro atoms. The number of carbonyl (C=O) groups excluding carboxylic acids is 1. The molecule has 1 heterocycles. The minimum atomic E-state index is -3.60. The van der Waals surface area contributed by atoms with E-state index in [1.54, 1.807) is 6.92 Å². The number of sulfonamides is 1. The Morgan fingerprint density at radius 2 is 1.83 bits per heavy atom. The number of morpholine rings is 1. The number of nitrogens with one attached hydrogen (secondary N) is 1. The van der Waals surface area contributed by atoms with Gasteiger partial charge in [0.25, 0.3) is 5.91 Å². The highest BCUT2D eigenvalue weighted by atomic mass is 32.2. The van der Waals surface area contributed by atoms with Crippen molar-refractivity contribution >= 4 is 21.9 Å². The molecule has 9 heteroatoms. The fourth-order valence-corrected chi connectivity index (χ4v) is 3.74. The first-order chi connectivity index (χ1) is 11.3. The Hall–Kier alpha value is -1.97. The van der Waals surface area contributed by atoms with Gasteiger partial charge in [-0.15, -0.1) is 0 Å². The first-order valence-electron chi connectivity index (χ1n) is 7.51. The number of hydrogen-bond donors (Lipinski definition) is 2. The molecule has 1 aromatic rings. The van der Waals surface area contributed by atoms with Crippen molar-refractivity contribution in [2.75, 3.05) is 26.3 Å². The average molecular weight is 356 g/mol. The van der Waals surface area contributed by atoms with Gasteiger partial charge in [0.1, 0.15) is 0 Å². The maximum Gasteiger partial charge on any atom is 0.305 e. The molecule has 0 radical (unpaired) electrons. The van der Waals surface area contributed by atoms with Gasteiger partial charge in [-0.3, -0.25) is 9.59 Å². The normalized spacial score (nSPS) is 17.2. The van der Waals surface area contributed by atoms with Crippen LogP contribution in [0.2, 0.25) is 0 Å². The second-order valence-corrected chi connectivity index (χ2v) is 7.45. The minimum absolute atomic E-state index is 0.111. The number of hydrogen-bond acceptors (Lipinski definition) is 5. The molecule has 8 nitrogen and oxygen atoms in total. The number of carboxylic acids is 1. The highest BCUT2D eigenvalue weighted by Gasteiger charge is 2.26. The Bertz CT molecular complexity index is 695. The van der Waals surface area contributed by atoms with Gasteiger partial charge in [-0.05, 0) is 31.2 Å². The molecule has 0 aliphatic carbocycles. The van der Waals surface area contributed by atoms with Crippen LogP contribution in [-0.2, 0) is 19.6 Å². The molecule has 1 atom stereocenters. The van der Waals surface area contributed by atoms with Crippen molar-refractivity contribution in [3.63, 3.8) is 0 Å². The summed E-state index contributed by atoms with van der Waals surface area (Å²) in [5.74, 6) is -1.45. The molecule has 1 aliphatic heterocycles. The van der Waals surface area contributed by atoms with E-state index in [1.165, 1.54) is 28.6 Å². The van der Waals surface area contributed by atoms with Gasteiger partial charge in [0.05, 0.1) is 24.5 Å². The predicted octanol–water partition coefficient (Wildman–Crippen LogP) is 0.301. The van der Waals surface area contributed by atoms with Crippen LogP contribution in [0.3, 0.4) is 0 Å². The van der Waals surface area contributed by atoms with E-state index in [0.717, 1.165) is 0 Å². The average Bonchev–Trinajstić information content (AvgIpc) is 2.55. The Balaban J connectivity index is 2.07. The number of rotatable bonds is 6. The number of ether oxygens (including phenoxy) is 1. The van der Waals surface area contributed by atoms with Crippen LogP contribution in [-0.4, -0.2) is 62.1 Å². The summed E-state index contributed by atoms with van der Waals surface area (Å²) in [6.45, 7) is 2.92. The fraction of sp³-hybridized carbons (Fsp3) is 0.467. The zero-order valence-corrected chi connectivity index (χ0v) is 14.1. The number of carbonyl (C=O) groups is 2. The maximum atomic E-state index is 12.5. The van der Waals surface area contributed by atoms with E-state index < -0.39 is 27.9 Å².